The van der Waals surface area contributed by atoms with Gasteiger partial charge in [-0.15, -0.1) is 0 Å². The van der Waals surface area contributed by atoms with E-state index in [4.69, 9.17) is 10.5 Å². The zero-order valence-electron chi connectivity index (χ0n) is 13.9. The molecular formula is C16H26N2O4. The Hall–Kier alpha value is -2.24. The molecule has 0 saturated carbocycles. The second kappa shape index (κ2) is 9.65. The molecule has 6 heteroatoms. The highest BCUT2D eigenvalue weighted by Crippen LogP contribution is 2.27. The highest BCUT2D eigenvalue weighted by Gasteiger charge is 2.12. The number of nitrogens with two attached hydrogens (primary N) is 1. The van der Waals surface area contributed by atoms with Gasteiger partial charge in [0.25, 0.3) is 0 Å². The number of benzene rings is 1. The van der Waals surface area contributed by atoms with E-state index >= 15 is 0 Å². The summed E-state index contributed by atoms with van der Waals surface area (Å²) in [6.07, 6.45) is 0.562. The first-order chi connectivity index (χ1) is 10.2. The molecule has 1 aromatic rings. The fraction of sp³-hybridized carbons (Fsp3) is 0.500. The van der Waals surface area contributed by atoms with Gasteiger partial charge in [-0.25, -0.2) is 4.79 Å². The number of nitrogens with one attached hydrogen (secondary N) is 1. The zero-order chi connectivity index (χ0) is 17.2. The van der Waals surface area contributed by atoms with Gasteiger partial charge < -0.3 is 25.3 Å². The maximum absolute atomic E-state index is 10.1. The number of ether oxygens (including phenoxy) is 2. The fourth-order valence-electron chi connectivity index (χ4n) is 1.55. The number of rotatable bonds is 5. The number of hydrogen-bond donors (Lipinski definition) is 2. The minimum absolute atomic E-state index is 0.428. The summed E-state index contributed by atoms with van der Waals surface area (Å²) in [5.74, 6) is 0.830. The Morgan fingerprint density at radius 2 is 2.00 bits per heavy atom. The zero-order valence-corrected chi connectivity index (χ0v) is 13.9. The minimum Gasteiger partial charge on any atom is -0.491 e. The van der Waals surface area contributed by atoms with Gasteiger partial charge in [0.1, 0.15) is 17.6 Å². The standard InChI is InChI=1S/C11H15NO2.C5H11NO2/c1-9-5-3-6-10(12-2)11(9)14-8-4-7-13;1-5(2,3)8-4(6)7/h3,5-7,12H,4,8H2,1-2H3;1-3H3,(H2,6,7). The lowest BCUT2D eigenvalue weighted by molar-refractivity contribution is -0.108. The molecule has 1 aromatic carbocycles. The molecule has 1 amide bonds. The number of carbonyl (C=O) groups excluding carboxylic acids is 2. The van der Waals surface area contributed by atoms with E-state index in [9.17, 15) is 9.59 Å². The Balaban J connectivity index is 0.000000472. The second-order valence-corrected chi connectivity index (χ2v) is 5.54. The van der Waals surface area contributed by atoms with E-state index < -0.39 is 11.7 Å². The van der Waals surface area contributed by atoms with E-state index in [-0.39, 0.29) is 0 Å². The van der Waals surface area contributed by atoms with Crippen LogP contribution in [0.15, 0.2) is 18.2 Å². The van der Waals surface area contributed by atoms with E-state index in [1.165, 1.54) is 0 Å². The van der Waals surface area contributed by atoms with Gasteiger partial charge in [-0.1, -0.05) is 12.1 Å². The summed E-state index contributed by atoms with van der Waals surface area (Å²) < 4.78 is 10.1. The van der Waals surface area contributed by atoms with Crippen molar-refractivity contribution in [3.63, 3.8) is 0 Å². The number of anilines is 1. The van der Waals surface area contributed by atoms with Gasteiger partial charge in [-0.2, -0.15) is 0 Å². The van der Waals surface area contributed by atoms with Gasteiger partial charge in [0.05, 0.1) is 12.3 Å². The molecule has 0 aromatic heterocycles. The molecule has 0 bridgehead atoms. The molecule has 0 heterocycles. The smallest absolute Gasteiger partial charge is 0.405 e. The summed E-state index contributed by atoms with van der Waals surface area (Å²) in [7, 11) is 1.85. The third-order valence-electron chi connectivity index (χ3n) is 2.37. The minimum atomic E-state index is -0.725. The number of carbonyl (C=O) groups is 2. The van der Waals surface area contributed by atoms with Crippen LogP contribution >= 0.6 is 0 Å². The Bertz CT molecular complexity index is 482. The molecule has 0 unspecified atom stereocenters. The van der Waals surface area contributed by atoms with Gasteiger partial charge in [0.2, 0.25) is 0 Å². The molecule has 6 nitrogen and oxygen atoms in total. The number of para-hydroxylation sites is 1. The summed E-state index contributed by atoms with van der Waals surface area (Å²) in [6, 6.07) is 5.90. The topological polar surface area (TPSA) is 90.7 Å². The summed E-state index contributed by atoms with van der Waals surface area (Å²) in [5.41, 5.74) is 6.29. The van der Waals surface area contributed by atoms with Crippen LogP contribution in [-0.2, 0) is 9.53 Å². The molecule has 3 N–H and O–H groups in total. The predicted molar refractivity (Wildman–Crippen MR) is 87.3 cm³/mol. The van der Waals surface area contributed by atoms with Crippen LogP contribution in [0.3, 0.4) is 0 Å². The van der Waals surface area contributed by atoms with Crippen LogP contribution in [0.25, 0.3) is 0 Å². The number of aryl methyl sites for hydroxylation is 1. The van der Waals surface area contributed by atoms with Gasteiger partial charge in [-0.3, -0.25) is 0 Å². The van der Waals surface area contributed by atoms with Gasteiger partial charge in [0, 0.05) is 13.5 Å². The maximum Gasteiger partial charge on any atom is 0.405 e. The monoisotopic (exact) mass is 310 g/mol. The average molecular weight is 310 g/mol. The van der Waals surface area contributed by atoms with Crippen LogP contribution in [0.2, 0.25) is 0 Å². The van der Waals surface area contributed by atoms with E-state index in [1.54, 1.807) is 20.8 Å². The molecule has 22 heavy (non-hydrogen) atoms. The summed E-state index contributed by atoms with van der Waals surface area (Å²) in [5, 5.41) is 3.05. The van der Waals surface area contributed by atoms with Gasteiger partial charge in [0.15, 0.2) is 0 Å². The maximum atomic E-state index is 10.1. The predicted octanol–water partition coefficient (Wildman–Crippen LogP) is 2.88. The Morgan fingerprint density at radius 1 is 1.36 bits per heavy atom. The Kier molecular flexibility index (Phi) is 8.67. The lowest BCUT2D eigenvalue weighted by Gasteiger charge is -2.16. The average Bonchev–Trinajstić information content (AvgIpc) is 2.38. The molecular weight excluding hydrogens is 284 g/mol. The Morgan fingerprint density at radius 3 is 2.41 bits per heavy atom. The van der Waals surface area contributed by atoms with Crippen molar-refractivity contribution in [2.45, 2.75) is 39.7 Å². The molecule has 0 saturated heterocycles. The van der Waals surface area contributed by atoms with Crippen molar-refractivity contribution < 1.29 is 19.1 Å². The van der Waals surface area contributed by atoms with Crippen LogP contribution < -0.4 is 15.8 Å². The molecule has 0 spiro atoms. The van der Waals surface area contributed by atoms with Crippen LogP contribution in [0, 0.1) is 6.92 Å². The van der Waals surface area contributed by atoms with Crippen molar-refractivity contribution in [1.29, 1.82) is 0 Å². The molecule has 124 valence electrons. The summed E-state index contributed by atoms with van der Waals surface area (Å²) in [4.78, 5) is 20.2. The van der Waals surface area contributed by atoms with Crippen molar-refractivity contribution >= 4 is 18.1 Å². The lowest BCUT2D eigenvalue weighted by Crippen LogP contribution is -2.27. The van der Waals surface area contributed by atoms with Crippen molar-refractivity contribution in [2.75, 3.05) is 19.0 Å². The van der Waals surface area contributed by atoms with E-state index in [1.807, 2.05) is 32.2 Å². The number of aldehydes is 1. The lowest BCUT2D eigenvalue weighted by atomic mass is 10.2. The van der Waals surface area contributed by atoms with Crippen molar-refractivity contribution in [3.8, 4) is 5.75 Å². The summed E-state index contributed by atoms with van der Waals surface area (Å²) in [6.45, 7) is 7.70. The third-order valence-corrected chi connectivity index (χ3v) is 2.37. The van der Waals surface area contributed by atoms with E-state index in [2.05, 4.69) is 10.1 Å². The first kappa shape index (κ1) is 19.8. The number of primary amides is 1. The second-order valence-electron chi connectivity index (χ2n) is 5.54. The van der Waals surface area contributed by atoms with Crippen molar-refractivity contribution in [2.24, 2.45) is 5.73 Å². The first-order valence-corrected chi connectivity index (χ1v) is 7.03. The molecule has 0 fully saturated rings. The quantitative estimate of drug-likeness (QED) is 0.644. The van der Waals surface area contributed by atoms with Gasteiger partial charge >= 0.3 is 6.09 Å². The van der Waals surface area contributed by atoms with Crippen LogP contribution in [0.4, 0.5) is 10.5 Å². The Labute approximate surface area is 132 Å². The van der Waals surface area contributed by atoms with Crippen molar-refractivity contribution in [1.82, 2.24) is 0 Å². The number of amides is 1. The highest BCUT2D eigenvalue weighted by atomic mass is 16.6. The normalized spacial score (nSPS) is 10.0. The van der Waals surface area contributed by atoms with Gasteiger partial charge in [-0.05, 0) is 39.3 Å². The van der Waals surface area contributed by atoms with Crippen molar-refractivity contribution in [3.05, 3.63) is 23.8 Å². The highest BCUT2D eigenvalue weighted by molar-refractivity contribution is 5.65. The first-order valence-electron chi connectivity index (χ1n) is 7.03. The molecule has 0 radical (unpaired) electrons. The molecule has 0 atom stereocenters. The third kappa shape index (κ3) is 8.84. The molecule has 0 aliphatic carbocycles. The number of hydrogen-bond acceptors (Lipinski definition) is 5. The summed E-state index contributed by atoms with van der Waals surface area (Å²) >= 11 is 0. The fourth-order valence-corrected chi connectivity index (χ4v) is 1.55. The van der Waals surface area contributed by atoms with Crippen LogP contribution in [-0.4, -0.2) is 31.6 Å². The van der Waals surface area contributed by atoms with E-state index in [0.29, 0.717) is 13.0 Å². The molecule has 0 aliphatic rings. The van der Waals surface area contributed by atoms with E-state index in [0.717, 1.165) is 23.3 Å². The van der Waals surface area contributed by atoms with Crippen LogP contribution in [0.1, 0.15) is 32.8 Å². The molecule has 0 aliphatic heterocycles. The molecule has 1 rings (SSSR count). The largest absolute Gasteiger partial charge is 0.491 e. The SMILES string of the molecule is CC(C)(C)OC(N)=O.CNc1cccc(C)c1OCCC=O. The van der Waals surface area contributed by atoms with Crippen LogP contribution in [0.5, 0.6) is 5.75 Å².